The molecule has 0 saturated heterocycles. The number of carbonyl (C=O) groups excluding carboxylic acids is 2. The minimum Gasteiger partial charge on any atom is -0.497 e. The fourth-order valence-corrected chi connectivity index (χ4v) is 1.70. The SMILES string of the molecule is COc1ccc(C(=O)CC2=NCCNC2=O)cc1. The summed E-state index contributed by atoms with van der Waals surface area (Å²) in [5.74, 6) is 0.330. The van der Waals surface area contributed by atoms with Crippen molar-refractivity contribution in [3.8, 4) is 5.75 Å². The molecule has 0 unspecified atom stereocenters. The van der Waals surface area contributed by atoms with Gasteiger partial charge in [0.2, 0.25) is 0 Å². The average Bonchev–Trinajstić information content (AvgIpc) is 2.41. The van der Waals surface area contributed by atoms with Gasteiger partial charge in [-0.15, -0.1) is 0 Å². The van der Waals surface area contributed by atoms with E-state index in [1.807, 2.05) is 0 Å². The summed E-state index contributed by atoms with van der Waals surface area (Å²) in [4.78, 5) is 27.5. The molecule has 5 heteroatoms. The predicted molar refractivity (Wildman–Crippen MR) is 67.3 cm³/mol. The van der Waals surface area contributed by atoms with Crippen molar-refractivity contribution in [1.29, 1.82) is 0 Å². The molecule has 0 fully saturated rings. The van der Waals surface area contributed by atoms with Crippen molar-refractivity contribution in [2.24, 2.45) is 4.99 Å². The van der Waals surface area contributed by atoms with Crippen molar-refractivity contribution in [3.63, 3.8) is 0 Å². The van der Waals surface area contributed by atoms with E-state index in [0.717, 1.165) is 0 Å². The number of hydrogen-bond donors (Lipinski definition) is 1. The number of hydrogen-bond acceptors (Lipinski definition) is 4. The van der Waals surface area contributed by atoms with Crippen LogP contribution in [-0.4, -0.2) is 37.6 Å². The molecule has 1 heterocycles. The highest BCUT2D eigenvalue weighted by Crippen LogP contribution is 2.13. The van der Waals surface area contributed by atoms with Gasteiger partial charge in [0.1, 0.15) is 11.5 Å². The number of nitrogens with zero attached hydrogens (tertiary/aromatic N) is 1. The molecule has 5 nitrogen and oxygen atoms in total. The summed E-state index contributed by atoms with van der Waals surface area (Å²) >= 11 is 0. The Hall–Kier alpha value is -2.17. The second kappa shape index (κ2) is 5.44. The van der Waals surface area contributed by atoms with Crippen LogP contribution >= 0.6 is 0 Å². The molecule has 0 radical (unpaired) electrons. The number of ether oxygens (including phenoxy) is 1. The minimum absolute atomic E-state index is 0.0398. The number of nitrogens with one attached hydrogen (secondary N) is 1. The molecule has 1 aliphatic heterocycles. The third kappa shape index (κ3) is 2.74. The first kappa shape index (κ1) is 12.3. The summed E-state index contributed by atoms with van der Waals surface area (Å²) in [6.45, 7) is 1.08. The van der Waals surface area contributed by atoms with E-state index in [-0.39, 0.29) is 18.1 Å². The number of Topliss-reactive ketones (excluding diaryl/α,β-unsaturated/α-hetero) is 1. The van der Waals surface area contributed by atoms with Gasteiger partial charge >= 0.3 is 0 Å². The van der Waals surface area contributed by atoms with Gasteiger partial charge in [0.15, 0.2) is 5.78 Å². The lowest BCUT2D eigenvalue weighted by molar-refractivity contribution is -0.115. The third-order valence-corrected chi connectivity index (χ3v) is 2.70. The molecule has 1 amide bonds. The van der Waals surface area contributed by atoms with Crippen LogP contribution in [0.3, 0.4) is 0 Å². The van der Waals surface area contributed by atoms with E-state index in [0.29, 0.717) is 30.1 Å². The van der Waals surface area contributed by atoms with Crippen LogP contribution in [0.5, 0.6) is 5.75 Å². The largest absolute Gasteiger partial charge is 0.497 e. The van der Waals surface area contributed by atoms with Crippen LogP contribution < -0.4 is 10.1 Å². The van der Waals surface area contributed by atoms with Gasteiger partial charge in [-0.25, -0.2) is 0 Å². The molecular weight excluding hydrogens is 232 g/mol. The second-order valence-electron chi connectivity index (χ2n) is 3.91. The molecule has 0 atom stereocenters. The lowest BCUT2D eigenvalue weighted by atomic mass is 10.0. The highest BCUT2D eigenvalue weighted by atomic mass is 16.5. The van der Waals surface area contributed by atoms with E-state index < -0.39 is 0 Å². The lowest BCUT2D eigenvalue weighted by Gasteiger charge is -2.12. The summed E-state index contributed by atoms with van der Waals surface area (Å²) in [5, 5.41) is 2.67. The van der Waals surface area contributed by atoms with Crippen molar-refractivity contribution in [2.45, 2.75) is 6.42 Å². The Morgan fingerprint density at radius 1 is 1.39 bits per heavy atom. The van der Waals surface area contributed by atoms with Gasteiger partial charge in [0, 0.05) is 12.1 Å². The first-order valence-electron chi connectivity index (χ1n) is 5.69. The van der Waals surface area contributed by atoms with E-state index >= 15 is 0 Å². The van der Waals surface area contributed by atoms with E-state index in [1.165, 1.54) is 0 Å². The number of rotatable bonds is 4. The monoisotopic (exact) mass is 246 g/mol. The predicted octanol–water partition coefficient (Wildman–Crippen LogP) is 0.839. The number of aliphatic imine (C=N–C) groups is 1. The van der Waals surface area contributed by atoms with E-state index in [1.54, 1.807) is 31.4 Å². The quantitative estimate of drug-likeness (QED) is 0.800. The summed E-state index contributed by atoms with van der Waals surface area (Å²) in [6, 6.07) is 6.80. The van der Waals surface area contributed by atoms with Crippen LogP contribution in [0.25, 0.3) is 0 Å². The second-order valence-corrected chi connectivity index (χ2v) is 3.91. The fraction of sp³-hybridized carbons (Fsp3) is 0.308. The molecule has 1 aromatic rings. The first-order valence-corrected chi connectivity index (χ1v) is 5.69. The number of benzene rings is 1. The van der Waals surface area contributed by atoms with Crippen molar-refractivity contribution >= 4 is 17.4 Å². The fourth-order valence-electron chi connectivity index (χ4n) is 1.70. The number of carbonyl (C=O) groups is 2. The van der Waals surface area contributed by atoms with Crippen LogP contribution in [0.2, 0.25) is 0 Å². The molecule has 0 aliphatic carbocycles. The average molecular weight is 246 g/mol. The van der Waals surface area contributed by atoms with Gasteiger partial charge in [-0.3, -0.25) is 14.6 Å². The van der Waals surface area contributed by atoms with E-state index in [4.69, 9.17) is 4.74 Å². The summed E-state index contributed by atoms with van der Waals surface area (Å²) < 4.78 is 5.02. The molecule has 0 aromatic heterocycles. The molecule has 94 valence electrons. The lowest BCUT2D eigenvalue weighted by Crippen LogP contribution is -2.38. The highest BCUT2D eigenvalue weighted by Gasteiger charge is 2.18. The van der Waals surface area contributed by atoms with E-state index in [2.05, 4.69) is 10.3 Å². The Kier molecular flexibility index (Phi) is 3.72. The Balaban J connectivity index is 2.07. The van der Waals surface area contributed by atoms with Crippen molar-refractivity contribution in [2.75, 3.05) is 20.2 Å². The van der Waals surface area contributed by atoms with Crippen LogP contribution in [0, 0.1) is 0 Å². The summed E-state index contributed by atoms with van der Waals surface area (Å²) in [5.41, 5.74) is 0.860. The standard InChI is InChI=1S/C13H14N2O3/c1-18-10-4-2-9(3-5-10)12(16)8-11-13(17)15-7-6-14-11/h2-5H,6-8H2,1H3,(H,15,17). The molecular formula is C13H14N2O3. The van der Waals surface area contributed by atoms with Gasteiger partial charge in [0.05, 0.1) is 20.1 Å². The van der Waals surface area contributed by atoms with Crippen molar-refractivity contribution in [3.05, 3.63) is 29.8 Å². The smallest absolute Gasteiger partial charge is 0.265 e. The molecule has 2 rings (SSSR count). The Bertz CT molecular complexity index is 491. The maximum absolute atomic E-state index is 12.0. The van der Waals surface area contributed by atoms with Crippen molar-refractivity contribution < 1.29 is 14.3 Å². The molecule has 1 aliphatic rings. The van der Waals surface area contributed by atoms with E-state index in [9.17, 15) is 9.59 Å². The van der Waals surface area contributed by atoms with Gasteiger partial charge in [-0.05, 0) is 24.3 Å². The summed E-state index contributed by atoms with van der Waals surface area (Å²) in [7, 11) is 1.57. The van der Waals surface area contributed by atoms with Crippen LogP contribution in [0.15, 0.2) is 29.3 Å². The summed E-state index contributed by atoms with van der Waals surface area (Å²) in [6.07, 6.45) is 0.0398. The Morgan fingerprint density at radius 2 is 2.11 bits per heavy atom. The van der Waals surface area contributed by atoms with Gasteiger partial charge in [-0.1, -0.05) is 0 Å². The van der Waals surface area contributed by atoms with Crippen molar-refractivity contribution in [1.82, 2.24) is 5.32 Å². The van der Waals surface area contributed by atoms with Gasteiger partial charge in [-0.2, -0.15) is 0 Å². The molecule has 1 N–H and O–H groups in total. The minimum atomic E-state index is -0.247. The molecule has 0 saturated carbocycles. The van der Waals surface area contributed by atoms with Gasteiger partial charge in [0.25, 0.3) is 5.91 Å². The zero-order valence-corrected chi connectivity index (χ0v) is 10.1. The van der Waals surface area contributed by atoms with Crippen LogP contribution in [0.4, 0.5) is 0 Å². The molecule has 0 bridgehead atoms. The Labute approximate surface area is 105 Å². The topological polar surface area (TPSA) is 67.8 Å². The zero-order valence-electron chi connectivity index (χ0n) is 10.1. The first-order chi connectivity index (χ1) is 8.70. The maximum atomic E-state index is 12.0. The number of amides is 1. The molecule has 18 heavy (non-hydrogen) atoms. The maximum Gasteiger partial charge on any atom is 0.265 e. The van der Waals surface area contributed by atoms with Crippen LogP contribution in [-0.2, 0) is 4.79 Å². The highest BCUT2D eigenvalue weighted by molar-refractivity contribution is 6.43. The zero-order chi connectivity index (χ0) is 13.0. The molecule has 0 spiro atoms. The normalized spacial score (nSPS) is 14.7. The third-order valence-electron chi connectivity index (χ3n) is 2.70. The number of methoxy groups -OCH3 is 1. The Morgan fingerprint density at radius 3 is 2.72 bits per heavy atom. The van der Waals surface area contributed by atoms with Gasteiger partial charge < -0.3 is 10.1 Å². The molecule has 1 aromatic carbocycles. The van der Waals surface area contributed by atoms with Crippen LogP contribution in [0.1, 0.15) is 16.8 Å². The number of ketones is 1.